The van der Waals surface area contributed by atoms with Gasteiger partial charge in [0.25, 0.3) is 0 Å². The highest BCUT2D eigenvalue weighted by Crippen LogP contribution is 2.44. The SMILES string of the molecule is CCOC(=O)N1c2ccc(C)cc2[C@@H](N(Cc2cc(C(F)(F)F)cc(C(F)(F)F)c2)c2ncc(N(C)CC)cn2)C[C@H]1CC. The fourth-order valence-corrected chi connectivity index (χ4v) is 5.40. The van der Waals surface area contributed by atoms with E-state index in [0.29, 0.717) is 36.3 Å². The molecule has 238 valence electrons. The Kier molecular flexibility index (Phi) is 9.65. The lowest BCUT2D eigenvalue weighted by atomic mass is 9.87. The molecule has 7 nitrogen and oxygen atoms in total. The lowest BCUT2D eigenvalue weighted by Gasteiger charge is -2.44. The lowest BCUT2D eigenvalue weighted by molar-refractivity contribution is -0.143. The summed E-state index contributed by atoms with van der Waals surface area (Å²) in [5.41, 5.74) is -0.263. The van der Waals surface area contributed by atoms with Gasteiger partial charge in [0.15, 0.2) is 0 Å². The second kappa shape index (κ2) is 12.9. The number of amides is 1. The van der Waals surface area contributed by atoms with Crippen molar-refractivity contribution < 1.29 is 35.9 Å². The summed E-state index contributed by atoms with van der Waals surface area (Å²) in [4.78, 5) is 27.2. The summed E-state index contributed by atoms with van der Waals surface area (Å²) in [6.45, 7) is 7.85. The molecular weight excluding hydrogens is 588 g/mol. The Labute approximate surface area is 252 Å². The standard InChI is InChI=1S/C31H35F6N5O2/c1-6-23-15-27(25-11-19(4)9-10-26(25)42(23)29(43)44-8-3)41(28-38-16-24(17-39-28)40(5)7-2)18-20-12-21(30(32,33)34)14-22(13-20)31(35,36)37/h9-14,16-17,23,27H,6-8,15,18H2,1-5H3/t23-,27+/m1/s1. The fraction of sp³-hybridized carbons (Fsp3) is 0.452. The second-order valence-corrected chi connectivity index (χ2v) is 10.7. The molecule has 1 aliphatic rings. The van der Waals surface area contributed by atoms with Gasteiger partial charge < -0.3 is 14.5 Å². The quantitative estimate of drug-likeness (QED) is 0.236. The Morgan fingerprint density at radius 2 is 1.59 bits per heavy atom. The van der Waals surface area contributed by atoms with Crippen molar-refractivity contribution >= 4 is 23.4 Å². The third-order valence-electron chi connectivity index (χ3n) is 7.77. The van der Waals surface area contributed by atoms with E-state index in [1.807, 2.05) is 44.9 Å². The summed E-state index contributed by atoms with van der Waals surface area (Å²) < 4.78 is 87.9. The predicted molar refractivity (Wildman–Crippen MR) is 156 cm³/mol. The zero-order valence-electron chi connectivity index (χ0n) is 25.1. The minimum Gasteiger partial charge on any atom is -0.449 e. The van der Waals surface area contributed by atoms with E-state index in [1.54, 1.807) is 35.2 Å². The number of aromatic nitrogens is 2. The molecule has 44 heavy (non-hydrogen) atoms. The number of fused-ring (bicyclic) bond motifs is 1. The van der Waals surface area contributed by atoms with Gasteiger partial charge in [-0.05, 0) is 69.0 Å². The molecule has 13 heteroatoms. The van der Waals surface area contributed by atoms with Gasteiger partial charge in [0.05, 0.1) is 47.5 Å². The number of carbonyl (C=O) groups is 1. The molecule has 1 amide bonds. The average Bonchev–Trinajstić information content (AvgIpc) is 2.98. The van der Waals surface area contributed by atoms with Gasteiger partial charge in [-0.25, -0.2) is 14.8 Å². The number of benzene rings is 2. The molecule has 0 unspecified atom stereocenters. The third-order valence-corrected chi connectivity index (χ3v) is 7.77. The van der Waals surface area contributed by atoms with Gasteiger partial charge >= 0.3 is 18.4 Å². The average molecular weight is 624 g/mol. The topological polar surface area (TPSA) is 61.8 Å². The van der Waals surface area contributed by atoms with Crippen LogP contribution >= 0.6 is 0 Å². The number of halogens is 6. The van der Waals surface area contributed by atoms with Crippen LogP contribution in [0, 0.1) is 6.92 Å². The molecule has 2 aromatic carbocycles. The summed E-state index contributed by atoms with van der Waals surface area (Å²) in [7, 11) is 1.84. The van der Waals surface area contributed by atoms with Crippen molar-refractivity contribution in [2.24, 2.45) is 0 Å². The molecule has 1 aromatic heterocycles. The summed E-state index contributed by atoms with van der Waals surface area (Å²) >= 11 is 0. The van der Waals surface area contributed by atoms with Crippen LogP contribution in [0.4, 0.5) is 48.5 Å². The van der Waals surface area contributed by atoms with Crippen LogP contribution in [0.1, 0.15) is 67.5 Å². The predicted octanol–water partition coefficient (Wildman–Crippen LogP) is 8.17. The molecule has 0 saturated heterocycles. The minimum atomic E-state index is -4.99. The van der Waals surface area contributed by atoms with Gasteiger partial charge in [-0.2, -0.15) is 26.3 Å². The summed E-state index contributed by atoms with van der Waals surface area (Å²) in [6, 6.07) is 6.06. The number of alkyl halides is 6. The Morgan fingerprint density at radius 1 is 0.977 bits per heavy atom. The maximum Gasteiger partial charge on any atom is 0.416 e. The van der Waals surface area contributed by atoms with Crippen molar-refractivity contribution in [2.75, 3.05) is 34.9 Å². The number of aryl methyl sites for hydroxylation is 1. The molecule has 2 heterocycles. The first-order valence-electron chi connectivity index (χ1n) is 14.3. The van der Waals surface area contributed by atoms with Crippen LogP contribution in [0.2, 0.25) is 0 Å². The van der Waals surface area contributed by atoms with E-state index in [0.717, 1.165) is 17.7 Å². The molecule has 0 radical (unpaired) electrons. The summed E-state index contributed by atoms with van der Waals surface area (Å²) in [5, 5.41) is 0. The van der Waals surface area contributed by atoms with Crippen LogP contribution in [-0.2, 0) is 23.6 Å². The molecule has 0 bridgehead atoms. The minimum absolute atomic E-state index is 0.114. The number of nitrogens with zero attached hydrogens (tertiary/aromatic N) is 5. The van der Waals surface area contributed by atoms with E-state index in [1.165, 1.54) is 0 Å². The van der Waals surface area contributed by atoms with E-state index in [-0.39, 0.29) is 36.8 Å². The number of ether oxygens (including phenoxy) is 1. The van der Waals surface area contributed by atoms with Gasteiger partial charge in [-0.15, -0.1) is 0 Å². The maximum absolute atomic E-state index is 13.8. The highest BCUT2D eigenvalue weighted by molar-refractivity contribution is 5.90. The largest absolute Gasteiger partial charge is 0.449 e. The lowest BCUT2D eigenvalue weighted by Crippen LogP contribution is -2.48. The van der Waals surface area contributed by atoms with E-state index in [9.17, 15) is 31.1 Å². The molecule has 2 atom stereocenters. The Hall–Kier alpha value is -4.03. The normalized spacial score (nSPS) is 16.8. The highest BCUT2D eigenvalue weighted by atomic mass is 19.4. The zero-order chi connectivity index (χ0) is 32.4. The smallest absolute Gasteiger partial charge is 0.416 e. The molecule has 0 saturated carbocycles. The number of rotatable bonds is 8. The molecule has 4 rings (SSSR count). The number of hydrogen-bond donors (Lipinski definition) is 0. The van der Waals surface area contributed by atoms with Crippen LogP contribution in [0.3, 0.4) is 0 Å². The summed E-state index contributed by atoms with van der Waals surface area (Å²) in [5.74, 6) is 0.126. The van der Waals surface area contributed by atoms with Crippen LogP contribution in [0.5, 0.6) is 0 Å². The fourth-order valence-electron chi connectivity index (χ4n) is 5.40. The first kappa shape index (κ1) is 32.9. The van der Waals surface area contributed by atoms with Crippen molar-refractivity contribution in [2.45, 2.75) is 71.5 Å². The first-order chi connectivity index (χ1) is 20.7. The van der Waals surface area contributed by atoms with Crippen LogP contribution < -0.4 is 14.7 Å². The molecule has 0 aliphatic carbocycles. The van der Waals surface area contributed by atoms with E-state index in [4.69, 9.17) is 4.74 Å². The van der Waals surface area contributed by atoms with Crippen LogP contribution in [0.25, 0.3) is 0 Å². The van der Waals surface area contributed by atoms with Gasteiger partial charge in [0.2, 0.25) is 5.95 Å². The molecular formula is C31H35F6N5O2. The second-order valence-electron chi connectivity index (χ2n) is 10.7. The summed E-state index contributed by atoms with van der Waals surface area (Å²) in [6.07, 6.45) is -6.58. The van der Waals surface area contributed by atoms with Crippen LogP contribution in [0.15, 0.2) is 48.8 Å². The van der Waals surface area contributed by atoms with Crippen molar-refractivity contribution in [1.82, 2.24) is 9.97 Å². The van der Waals surface area contributed by atoms with Gasteiger partial charge in [0.1, 0.15) is 0 Å². The molecule has 3 aromatic rings. The van der Waals surface area contributed by atoms with Crippen molar-refractivity contribution in [3.8, 4) is 0 Å². The zero-order valence-corrected chi connectivity index (χ0v) is 25.1. The number of carbonyl (C=O) groups excluding carboxylic acids is 1. The molecule has 0 fully saturated rings. The van der Waals surface area contributed by atoms with Gasteiger partial charge in [-0.1, -0.05) is 24.6 Å². The number of anilines is 3. The van der Waals surface area contributed by atoms with E-state index < -0.39 is 35.6 Å². The maximum atomic E-state index is 13.8. The van der Waals surface area contributed by atoms with Gasteiger partial charge in [-0.3, -0.25) is 4.90 Å². The molecule has 0 spiro atoms. The van der Waals surface area contributed by atoms with Crippen LogP contribution in [-0.4, -0.2) is 42.3 Å². The molecule has 1 aliphatic heterocycles. The monoisotopic (exact) mass is 623 g/mol. The Morgan fingerprint density at radius 3 is 2.11 bits per heavy atom. The third kappa shape index (κ3) is 7.02. The first-order valence-corrected chi connectivity index (χ1v) is 14.3. The number of hydrogen-bond acceptors (Lipinski definition) is 6. The van der Waals surface area contributed by atoms with Crippen molar-refractivity contribution in [3.05, 3.63) is 76.6 Å². The Balaban J connectivity index is 1.91. The highest BCUT2D eigenvalue weighted by Gasteiger charge is 2.41. The molecule has 0 N–H and O–H groups in total. The van der Waals surface area contributed by atoms with Crippen molar-refractivity contribution in [1.29, 1.82) is 0 Å². The van der Waals surface area contributed by atoms with E-state index >= 15 is 0 Å². The van der Waals surface area contributed by atoms with Gasteiger partial charge in [0, 0.05) is 26.2 Å². The Bertz CT molecular complexity index is 1430. The van der Waals surface area contributed by atoms with E-state index in [2.05, 4.69) is 9.97 Å². The van der Waals surface area contributed by atoms with Crippen molar-refractivity contribution in [3.63, 3.8) is 0 Å².